The van der Waals surface area contributed by atoms with Gasteiger partial charge in [0, 0.05) is 38.2 Å². The topological polar surface area (TPSA) is 246 Å². The Morgan fingerprint density at radius 1 is 0.549 bits per heavy atom. The maximum absolute atomic E-state index is 13.8. The molecule has 0 saturated carbocycles. The molecule has 0 N–H and O–H groups in total. The van der Waals surface area contributed by atoms with Crippen LogP contribution in [-0.2, 0) is 81.4 Å². The van der Waals surface area contributed by atoms with Gasteiger partial charge in [0.15, 0.2) is 19.7 Å². The number of ether oxygens (including phenoxy) is 10. The minimum absolute atomic E-state index is 0.00734. The van der Waals surface area contributed by atoms with Crippen LogP contribution in [0.3, 0.4) is 0 Å². The van der Waals surface area contributed by atoms with E-state index in [-0.39, 0.29) is 139 Å². The molecule has 562 valence electrons. The SMILES string of the molecule is C=C1C(C[C@@H]2O[C@H](C[C@H](C)COC(=O)c3ccccc3)[C@H](C)[C@H]2CS(=O)(=O)c2ccccc2)O[C@@H](CCCOC(=O)C(C)(C)C)C[C@@]1(C)OC(=O)COC.C=C1C(C[C@@H]2O[C@H](C[C@H](C)COC(=O)c3ccccc3)[C@H](C)[C@H]2CS(=O)(=O)c2ccccc2)O[C@@H](CCCOC(=O)C(C)(C)C)C[C@H]1C. The smallest absolute Gasteiger partial charge is 0.338 e. The van der Waals surface area contributed by atoms with Crippen LogP contribution in [0.1, 0.15) is 168 Å². The van der Waals surface area contributed by atoms with Gasteiger partial charge in [-0.05, 0) is 183 Å². The van der Waals surface area contributed by atoms with Crippen molar-refractivity contribution in [2.45, 2.75) is 212 Å². The number of benzene rings is 4. The monoisotopic (exact) mass is 1450 g/mol. The third-order valence-corrected chi connectivity index (χ3v) is 23.7. The summed E-state index contributed by atoms with van der Waals surface area (Å²) >= 11 is 0. The number of carbonyl (C=O) groups excluding carboxylic acids is 5. The highest BCUT2D eigenvalue weighted by atomic mass is 32.2. The summed E-state index contributed by atoms with van der Waals surface area (Å²) in [5.74, 6) is -2.72. The van der Waals surface area contributed by atoms with Crippen molar-refractivity contribution in [1.29, 1.82) is 0 Å². The lowest BCUT2D eigenvalue weighted by Gasteiger charge is -2.44. The number of rotatable bonds is 31. The first-order valence-electron chi connectivity index (χ1n) is 36.1. The van der Waals surface area contributed by atoms with Crippen molar-refractivity contribution in [3.05, 3.63) is 157 Å². The van der Waals surface area contributed by atoms with Crippen LogP contribution in [0.4, 0.5) is 0 Å². The lowest BCUT2D eigenvalue weighted by atomic mass is 9.79. The molecule has 2 unspecified atom stereocenters. The van der Waals surface area contributed by atoms with Gasteiger partial charge < -0.3 is 47.4 Å². The molecule has 0 radical (unpaired) electrons. The molecule has 102 heavy (non-hydrogen) atoms. The molecule has 21 heteroatoms. The lowest BCUT2D eigenvalue weighted by molar-refractivity contribution is -0.173. The standard InChI is InChI=1S/C42H58O11S.C39H54O8S/c1-28(25-50-39(44)31-16-11-9-12-17-31)22-35-29(2)34(27-54(46,47)33-19-13-10-14-20-33)37(52-35)23-36-30(3)42(7,53-38(43)26-48-8)24-32(51-36)18-15-21-49-40(45)41(4,5)6;1-26(24-45-37(40)30-15-10-8-11-16-30)21-34-29(4)33(25-48(42,43)32-18-12-9-13-19-32)36(47-34)23-35-28(3)27(2)22-31(46-35)17-14-20-44-38(41)39(5,6)7/h9-14,16-17,19-20,28-29,32,34-37H,3,15,18,21-27H2,1-2,4-8H3;8-13,15-16,18-19,26-27,29,31,33-36H,3,14,17,20-25H2,1-2,4-7H3/t28-,29+,32-,34+,35+,36?,37-,42+;26-,27+,29+,31-,33+,34+,35?,36-/m00/s1. The molecular formula is C81H112O19S2. The molecular weight excluding hydrogens is 1340 g/mol. The molecule has 16 atom stereocenters. The normalized spacial score (nSPS) is 26.7. The van der Waals surface area contributed by atoms with Crippen LogP contribution < -0.4 is 0 Å². The Labute approximate surface area is 606 Å². The number of hydrogen-bond acceptors (Lipinski definition) is 19. The van der Waals surface area contributed by atoms with Crippen molar-refractivity contribution in [3.63, 3.8) is 0 Å². The first kappa shape index (κ1) is 82.7. The molecule has 0 aliphatic carbocycles. The molecule has 19 nitrogen and oxygen atoms in total. The zero-order chi connectivity index (χ0) is 74.7. The van der Waals surface area contributed by atoms with Crippen LogP contribution in [0.15, 0.2) is 155 Å². The highest BCUT2D eigenvalue weighted by Gasteiger charge is 2.51. The largest absolute Gasteiger partial charge is 0.465 e. The van der Waals surface area contributed by atoms with E-state index in [2.05, 4.69) is 27.0 Å². The van der Waals surface area contributed by atoms with E-state index in [1.54, 1.807) is 124 Å². The van der Waals surface area contributed by atoms with Crippen LogP contribution >= 0.6 is 0 Å². The molecule has 4 heterocycles. The first-order chi connectivity index (χ1) is 48.1. The first-order valence-corrected chi connectivity index (χ1v) is 39.4. The zero-order valence-electron chi connectivity index (χ0n) is 62.2. The molecule has 4 saturated heterocycles. The van der Waals surface area contributed by atoms with Crippen molar-refractivity contribution in [2.75, 3.05) is 51.6 Å². The summed E-state index contributed by atoms with van der Waals surface area (Å²) in [4.78, 5) is 63.0. The fourth-order valence-corrected chi connectivity index (χ4v) is 17.4. The quantitative estimate of drug-likeness (QED) is 0.0197. The number of esters is 5. The second-order valence-corrected chi connectivity index (χ2v) is 34.9. The predicted octanol–water partition coefficient (Wildman–Crippen LogP) is 14.3. The number of hydrogen-bond donors (Lipinski definition) is 0. The van der Waals surface area contributed by atoms with Gasteiger partial charge in [0.05, 0.1) is 119 Å². The summed E-state index contributed by atoms with van der Waals surface area (Å²) < 4.78 is 115. The summed E-state index contributed by atoms with van der Waals surface area (Å²) in [6, 6.07) is 34.7. The van der Waals surface area contributed by atoms with E-state index in [9.17, 15) is 40.8 Å². The van der Waals surface area contributed by atoms with E-state index in [4.69, 9.17) is 47.4 Å². The molecule has 4 aromatic carbocycles. The summed E-state index contributed by atoms with van der Waals surface area (Å²) in [5, 5.41) is 0. The fraction of sp³-hybridized carbons (Fsp3) is 0.593. The second-order valence-electron chi connectivity index (χ2n) is 30.9. The average Bonchev–Trinajstić information content (AvgIpc) is 1.49. The molecule has 8 rings (SSSR count). The van der Waals surface area contributed by atoms with Crippen LogP contribution in [0.2, 0.25) is 0 Å². The van der Waals surface area contributed by atoms with Gasteiger partial charge in [-0.15, -0.1) is 0 Å². The third-order valence-electron chi connectivity index (χ3n) is 20.1. The minimum atomic E-state index is -3.69. The van der Waals surface area contributed by atoms with E-state index in [1.165, 1.54) is 7.11 Å². The van der Waals surface area contributed by atoms with Gasteiger partial charge in [0.25, 0.3) is 0 Å². The van der Waals surface area contributed by atoms with Crippen LogP contribution in [0, 0.1) is 52.3 Å². The van der Waals surface area contributed by atoms with Gasteiger partial charge >= 0.3 is 29.8 Å². The van der Waals surface area contributed by atoms with Gasteiger partial charge in [0.1, 0.15) is 12.2 Å². The zero-order valence-corrected chi connectivity index (χ0v) is 63.8. The number of carbonyl (C=O) groups is 5. The van der Waals surface area contributed by atoms with Gasteiger partial charge in [0.2, 0.25) is 0 Å². The molecule has 4 aliphatic rings. The van der Waals surface area contributed by atoms with Crippen molar-refractivity contribution < 1.29 is 88.2 Å². The molecule has 0 spiro atoms. The van der Waals surface area contributed by atoms with Crippen LogP contribution in [0.25, 0.3) is 0 Å². The molecule has 0 amide bonds. The molecule has 4 fully saturated rings. The maximum Gasteiger partial charge on any atom is 0.338 e. The second kappa shape index (κ2) is 37.4. The minimum Gasteiger partial charge on any atom is -0.465 e. The highest BCUT2D eigenvalue weighted by molar-refractivity contribution is 7.91. The van der Waals surface area contributed by atoms with Crippen molar-refractivity contribution >= 4 is 49.5 Å². The number of sulfone groups is 2. The van der Waals surface area contributed by atoms with E-state index < -0.39 is 66.2 Å². The number of methoxy groups -OCH3 is 1. The fourth-order valence-electron chi connectivity index (χ4n) is 13.9. The van der Waals surface area contributed by atoms with Gasteiger partial charge in [-0.3, -0.25) is 9.59 Å². The third kappa shape index (κ3) is 24.0. The Hall–Kier alpha value is -6.59. The molecule has 0 aromatic heterocycles. The molecule has 4 aliphatic heterocycles. The van der Waals surface area contributed by atoms with Crippen molar-refractivity contribution in [1.82, 2.24) is 0 Å². The van der Waals surface area contributed by atoms with E-state index in [1.807, 2.05) is 66.7 Å². The van der Waals surface area contributed by atoms with Gasteiger partial charge in [-0.1, -0.05) is 121 Å². The van der Waals surface area contributed by atoms with Gasteiger partial charge in [-0.25, -0.2) is 31.2 Å². The maximum atomic E-state index is 13.8. The van der Waals surface area contributed by atoms with E-state index >= 15 is 0 Å². The average molecular weight is 1450 g/mol. The summed E-state index contributed by atoms with van der Waals surface area (Å²) in [5.41, 5.74) is 0.264. The highest BCUT2D eigenvalue weighted by Crippen LogP contribution is 2.46. The Kier molecular flexibility index (Phi) is 30.3. The van der Waals surface area contributed by atoms with E-state index in [0.717, 1.165) is 18.4 Å². The Bertz CT molecular complexity index is 3610. The van der Waals surface area contributed by atoms with Crippen molar-refractivity contribution in [2.24, 2.45) is 52.3 Å². The predicted molar refractivity (Wildman–Crippen MR) is 390 cm³/mol. The Balaban J connectivity index is 0.000000288. The Morgan fingerprint density at radius 2 is 0.941 bits per heavy atom. The molecule has 4 aromatic rings. The lowest BCUT2D eigenvalue weighted by Crippen LogP contribution is -2.49. The summed E-state index contributed by atoms with van der Waals surface area (Å²) in [6.45, 7) is 32.4. The van der Waals surface area contributed by atoms with Gasteiger partial charge in [-0.2, -0.15) is 0 Å². The Morgan fingerprint density at radius 3 is 1.35 bits per heavy atom. The van der Waals surface area contributed by atoms with Crippen LogP contribution in [-0.4, -0.2) is 153 Å². The summed E-state index contributed by atoms with van der Waals surface area (Å²) in [6.07, 6.45) is 2.85. The summed E-state index contributed by atoms with van der Waals surface area (Å²) in [7, 11) is -5.85. The molecule has 0 bridgehead atoms. The van der Waals surface area contributed by atoms with Crippen molar-refractivity contribution in [3.8, 4) is 0 Å². The van der Waals surface area contributed by atoms with E-state index in [0.29, 0.717) is 73.1 Å². The van der Waals surface area contributed by atoms with Crippen LogP contribution in [0.5, 0.6) is 0 Å².